The third kappa shape index (κ3) is 3.45. The van der Waals surface area contributed by atoms with Crippen LogP contribution < -0.4 is 17.0 Å². The number of aliphatic hydroxyl groups is 2. The van der Waals surface area contributed by atoms with Crippen molar-refractivity contribution in [3.63, 3.8) is 0 Å². The number of nitrogens with zero attached hydrogens (tertiary/aromatic N) is 2. The molecule has 11 nitrogen and oxygen atoms in total. The number of nitrogens with one attached hydrogen (secondary N) is 2. The summed E-state index contributed by atoms with van der Waals surface area (Å²) in [5.74, 6) is -1.31. The van der Waals surface area contributed by atoms with E-state index in [0.29, 0.717) is 5.82 Å². The molecule has 1 unspecified atom stereocenters. The Balaban J connectivity index is 1.98. The van der Waals surface area contributed by atoms with Crippen LogP contribution in [0.2, 0.25) is 0 Å². The Bertz CT molecular complexity index is 889. The van der Waals surface area contributed by atoms with Crippen LogP contribution in [-0.4, -0.2) is 54.5 Å². The summed E-state index contributed by atoms with van der Waals surface area (Å²) in [6.07, 6.45) is 1.70. The number of ether oxygens (including phenoxy) is 1. The number of H-pyrrole nitrogens is 2. The molecule has 1 aliphatic rings. The van der Waals surface area contributed by atoms with E-state index in [2.05, 4.69) is 15.0 Å². The van der Waals surface area contributed by atoms with Crippen LogP contribution in [0.3, 0.4) is 0 Å². The normalized spacial score (nSPS) is 23.8. The number of aromatic nitrogens is 4. The summed E-state index contributed by atoms with van der Waals surface area (Å²) in [7, 11) is 0. The molecule has 0 bridgehead atoms. The number of hydrogen-bond acceptors (Lipinski definition) is 7. The van der Waals surface area contributed by atoms with E-state index in [1.165, 1.54) is 12.4 Å². The zero-order valence-corrected chi connectivity index (χ0v) is 13.7. The number of carbonyl (C=O) groups is 1. The number of primary amides is 1. The maximum Gasteiger partial charge on any atom is 0.330 e. The molecule has 2 aromatic heterocycles. The number of aliphatic hydroxyl groups excluding tert-OH is 2. The molecule has 6 N–H and O–H groups in total. The van der Waals surface area contributed by atoms with E-state index in [-0.39, 0.29) is 18.4 Å². The molecule has 4 atom stereocenters. The summed E-state index contributed by atoms with van der Waals surface area (Å²) >= 11 is 0. The molecular formula is C15H19N5O6. The number of aromatic amines is 2. The summed E-state index contributed by atoms with van der Waals surface area (Å²) in [4.78, 5) is 45.2. The van der Waals surface area contributed by atoms with Crippen LogP contribution in [0.4, 0.5) is 0 Å². The SMILES string of the molecule is NC(=O)C(Cc1ncc[nH]1)c1cn([C@H]2C[C@H](O)[C@@H](CO)O2)c(=O)[nH]c1=O. The lowest BCUT2D eigenvalue weighted by Crippen LogP contribution is -2.37. The van der Waals surface area contributed by atoms with Gasteiger partial charge in [-0.3, -0.25) is 19.1 Å². The summed E-state index contributed by atoms with van der Waals surface area (Å²) < 4.78 is 6.51. The zero-order chi connectivity index (χ0) is 18.8. The molecule has 0 spiro atoms. The van der Waals surface area contributed by atoms with E-state index in [4.69, 9.17) is 10.5 Å². The molecule has 26 heavy (non-hydrogen) atoms. The Morgan fingerprint density at radius 3 is 2.85 bits per heavy atom. The van der Waals surface area contributed by atoms with Gasteiger partial charge in [0.2, 0.25) is 5.91 Å². The summed E-state index contributed by atoms with van der Waals surface area (Å²) in [6, 6.07) is 0. The van der Waals surface area contributed by atoms with E-state index in [9.17, 15) is 24.6 Å². The monoisotopic (exact) mass is 365 g/mol. The van der Waals surface area contributed by atoms with Crippen molar-refractivity contribution in [1.82, 2.24) is 19.5 Å². The molecule has 11 heteroatoms. The van der Waals surface area contributed by atoms with Gasteiger partial charge in [0.15, 0.2) is 0 Å². The van der Waals surface area contributed by atoms with Crippen molar-refractivity contribution in [2.45, 2.75) is 37.2 Å². The third-order valence-corrected chi connectivity index (χ3v) is 4.36. The fraction of sp³-hybridized carbons (Fsp3) is 0.467. The van der Waals surface area contributed by atoms with Gasteiger partial charge < -0.3 is 25.7 Å². The van der Waals surface area contributed by atoms with Crippen molar-refractivity contribution in [2.24, 2.45) is 5.73 Å². The van der Waals surface area contributed by atoms with Gasteiger partial charge in [-0.2, -0.15) is 0 Å². The standard InChI is InChI=1S/C15H19N5O6/c16-13(23)7(3-11-17-1-2-18-11)8-5-20(15(25)19-14(8)24)12-4-9(22)10(6-21)26-12/h1-2,5,7,9-10,12,21-22H,3-4,6H2,(H2,16,23)(H,17,18)(H,19,24,25)/t7?,9-,10+,12+/m0/s1. The van der Waals surface area contributed by atoms with Crippen molar-refractivity contribution >= 4 is 5.91 Å². The highest BCUT2D eigenvalue weighted by atomic mass is 16.5. The van der Waals surface area contributed by atoms with E-state index in [1.54, 1.807) is 6.20 Å². The van der Waals surface area contributed by atoms with Gasteiger partial charge in [0, 0.05) is 37.0 Å². The molecule has 2 aromatic rings. The highest BCUT2D eigenvalue weighted by molar-refractivity contribution is 5.81. The molecule has 1 fully saturated rings. The Kier molecular flexibility index (Phi) is 5.02. The molecule has 0 aromatic carbocycles. The minimum Gasteiger partial charge on any atom is -0.394 e. The van der Waals surface area contributed by atoms with Gasteiger partial charge in [-0.05, 0) is 0 Å². The number of nitrogens with two attached hydrogens (primary N) is 1. The van der Waals surface area contributed by atoms with Crippen LogP contribution in [0.15, 0.2) is 28.2 Å². The molecule has 0 radical (unpaired) electrons. The number of carbonyl (C=O) groups excluding carboxylic acids is 1. The first-order valence-electron chi connectivity index (χ1n) is 7.98. The lowest BCUT2D eigenvalue weighted by atomic mass is 9.97. The fourth-order valence-corrected chi connectivity index (χ4v) is 2.98. The second-order valence-corrected chi connectivity index (χ2v) is 6.06. The number of amides is 1. The van der Waals surface area contributed by atoms with Crippen molar-refractivity contribution in [1.29, 1.82) is 0 Å². The number of hydrogen-bond donors (Lipinski definition) is 5. The summed E-state index contributed by atoms with van der Waals surface area (Å²) in [6.45, 7) is -0.412. The van der Waals surface area contributed by atoms with E-state index < -0.39 is 48.1 Å². The Hall–Kier alpha value is -2.76. The van der Waals surface area contributed by atoms with Crippen molar-refractivity contribution in [3.05, 3.63) is 50.8 Å². The minimum absolute atomic E-state index is 0.0148. The maximum atomic E-state index is 12.2. The van der Waals surface area contributed by atoms with Gasteiger partial charge in [-0.25, -0.2) is 9.78 Å². The highest BCUT2D eigenvalue weighted by Gasteiger charge is 2.35. The highest BCUT2D eigenvalue weighted by Crippen LogP contribution is 2.28. The van der Waals surface area contributed by atoms with Crippen LogP contribution in [0, 0.1) is 0 Å². The van der Waals surface area contributed by atoms with Gasteiger partial charge in [-0.1, -0.05) is 0 Å². The number of imidazole rings is 1. The fourth-order valence-electron chi connectivity index (χ4n) is 2.98. The first-order valence-corrected chi connectivity index (χ1v) is 7.98. The molecule has 3 rings (SSSR count). The van der Waals surface area contributed by atoms with E-state index in [1.807, 2.05) is 0 Å². The molecule has 1 saturated heterocycles. The van der Waals surface area contributed by atoms with E-state index in [0.717, 1.165) is 4.57 Å². The predicted molar refractivity (Wildman–Crippen MR) is 87.2 cm³/mol. The second kappa shape index (κ2) is 7.23. The lowest BCUT2D eigenvalue weighted by molar-refractivity contribution is -0.119. The van der Waals surface area contributed by atoms with Crippen LogP contribution in [-0.2, 0) is 16.0 Å². The van der Waals surface area contributed by atoms with Gasteiger partial charge in [0.25, 0.3) is 5.56 Å². The smallest absolute Gasteiger partial charge is 0.330 e. The lowest BCUT2D eigenvalue weighted by Gasteiger charge is -2.17. The van der Waals surface area contributed by atoms with Gasteiger partial charge >= 0.3 is 5.69 Å². The average molecular weight is 365 g/mol. The predicted octanol–water partition coefficient (Wildman–Crippen LogP) is -2.29. The molecular weight excluding hydrogens is 346 g/mol. The largest absolute Gasteiger partial charge is 0.394 e. The Labute approximate surface area is 146 Å². The first-order chi connectivity index (χ1) is 12.4. The van der Waals surface area contributed by atoms with Crippen LogP contribution in [0.1, 0.15) is 30.0 Å². The van der Waals surface area contributed by atoms with Crippen LogP contribution >= 0.6 is 0 Å². The number of rotatable bonds is 6. The zero-order valence-electron chi connectivity index (χ0n) is 13.7. The van der Waals surface area contributed by atoms with Gasteiger partial charge in [0.05, 0.1) is 18.6 Å². The molecule has 0 aliphatic carbocycles. The Morgan fingerprint density at radius 2 is 2.27 bits per heavy atom. The Morgan fingerprint density at radius 1 is 1.50 bits per heavy atom. The maximum absolute atomic E-state index is 12.2. The van der Waals surface area contributed by atoms with Crippen molar-refractivity contribution in [3.8, 4) is 0 Å². The first kappa shape index (κ1) is 18.0. The van der Waals surface area contributed by atoms with Gasteiger partial charge in [-0.15, -0.1) is 0 Å². The third-order valence-electron chi connectivity index (χ3n) is 4.36. The van der Waals surface area contributed by atoms with Crippen LogP contribution in [0.5, 0.6) is 0 Å². The van der Waals surface area contributed by atoms with Gasteiger partial charge in [0.1, 0.15) is 18.2 Å². The average Bonchev–Trinajstić information content (AvgIpc) is 3.22. The van der Waals surface area contributed by atoms with Crippen molar-refractivity contribution < 1.29 is 19.7 Å². The quantitative estimate of drug-likeness (QED) is 0.382. The second-order valence-electron chi connectivity index (χ2n) is 6.06. The summed E-state index contributed by atoms with van der Waals surface area (Å²) in [5, 5.41) is 19.0. The van der Waals surface area contributed by atoms with Crippen molar-refractivity contribution in [2.75, 3.05) is 6.61 Å². The molecule has 3 heterocycles. The molecule has 140 valence electrons. The molecule has 0 saturated carbocycles. The molecule has 1 amide bonds. The van der Waals surface area contributed by atoms with E-state index >= 15 is 0 Å². The molecule has 1 aliphatic heterocycles. The minimum atomic E-state index is -1.02. The van der Waals surface area contributed by atoms with Crippen LogP contribution in [0.25, 0.3) is 0 Å². The summed E-state index contributed by atoms with van der Waals surface area (Å²) in [5.41, 5.74) is 3.93. The topological polar surface area (TPSA) is 176 Å².